The minimum absolute atomic E-state index is 0. The lowest BCUT2D eigenvalue weighted by Crippen LogP contribution is -2.35. The molecule has 3 nitrogen and oxygen atoms in total. The van der Waals surface area contributed by atoms with Crippen molar-refractivity contribution in [3.05, 3.63) is 29.6 Å². The van der Waals surface area contributed by atoms with Gasteiger partial charge in [-0.1, -0.05) is 6.07 Å². The van der Waals surface area contributed by atoms with Crippen LogP contribution in [0.5, 0.6) is 5.75 Å². The molecule has 0 aliphatic carbocycles. The van der Waals surface area contributed by atoms with Gasteiger partial charge in [0.2, 0.25) is 0 Å². The summed E-state index contributed by atoms with van der Waals surface area (Å²) in [6.07, 6.45) is 0. The monoisotopic (exact) mass is 233 g/mol. The molecule has 84 valence electrons. The first kappa shape index (κ1) is 12.2. The number of halogens is 2. The molecule has 0 unspecified atom stereocenters. The zero-order chi connectivity index (χ0) is 9.97. The molecule has 0 radical (unpaired) electrons. The summed E-state index contributed by atoms with van der Waals surface area (Å²) in [7, 11) is 0. The second-order valence-corrected chi connectivity index (χ2v) is 3.29. The van der Waals surface area contributed by atoms with E-state index in [4.69, 9.17) is 9.84 Å². The lowest BCUT2D eigenvalue weighted by atomic mass is 10.1. The van der Waals surface area contributed by atoms with Gasteiger partial charge in [0, 0.05) is 18.2 Å². The number of benzene rings is 1. The minimum Gasteiger partial charge on any atom is -0.508 e. The number of nitrogens with one attached hydrogen (secondary N) is 1. The van der Waals surface area contributed by atoms with Crippen LogP contribution in [0, 0.1) is 5.82 Å². The Balaban J connectivity index is 0.00000112. The van der Waals surface area contributed by atoms with Gasteiger partial charge >= 0.3 is 0 Å². The molecule has 5 heteroatoms. The lowest BCUT2D eigenvalue weighted by molar-refractivity contribution is 0.0757. The molecule has 0 spiro atoms. The van der Waals surface area contributed by atoms with E-state index < -0.39 is 5.82 Å². The number of hydrogen-bond acceptors (Lipinski definition) is 3. The average molecular weight is 234 g/mol. The van der Waals surface area contributed by atoms with Crippen LogP contribution in [0.4, 0.5) is 4.39 Å². The van der Waals surface area contributed by atoms with Gasteiger partial charge in [0.15, 0.2) is 0 Å². The number of phenolic OH excluding ortho intramolecular Hbond substituents is 1. The standard InChI is InChI=1S/C10H12FNO2.ClH/c11-9-5-7(13)1-2-8(9)10-6-14-4-3-12-10;/h1-2,5,10,12-13H,3-4,6H2;1H/t10-;/m1./s1. The fourth-order valence-corrected chi connectivity index (χ4v) is 1.56. The van der Waals surface area contributed by atoms with Crippen LogP contribution in [0.15, 0.2) is 18.2 Å². The molecule has 15 heavy (non-hydrogen) atoms. The Kier molecular flexibility index (Phi) is 4.32. The summed E-state index contributed by atoms with van der Waals surface area (Å²) in [5, 5.41) is 12.2. The van der Waals surface area contributed by atoms with E-state index in [1.165, 1.54) is 6.07 Å². The van der Waals surface area contributed by atoms with Crippen molar-refractivity contribution in [3.63, 3.8) is 0 Å². The highest BCUT2D eigenvalue weighted by Crippen LogP contribution is 2.22. The molecule has 1 atom stereocenters. The van der Waals surface area contributed by atoms with Gasteiger partial charge in [-0.2, -0.15) is 0 Å². The van der Waals surface area contributed by atoms with Crippen molar-refractivity contribution in [2.45, 2.75) is 6.04 Å². The number of hydrogen-bond donors (Lipinski definition) is 2. The van der Waals surface area contributed by atoms with Gasteiger partial charge in [-0.05, 0) is 6.07 Å². The van der Waals surface area contributed by atoms with Gasteiger partial charge in [-0.15, -0.1) is 12.4 Å². The predicted molar refractivity (Wildman–Crippen MR) is 56.9 cm³/mol. The van der Waals surface area contributed by atoms with Crippen LogP contribution < -0.4 is 5.32 Å². The Hall–Kier alpha value is -0.840. The summed E-state index contributed by atoms with van der Waals surface area (Å²) < 4.78 is 18.6. The maximum absolute atomic E-state index is 13.4. The van der Waals surface area contributed by atoms with Crippen LogP contribution in [0.3, 0.4) is 0 Å². The van der Waals surface area contributed by atoms with Gasteiger partial charge in [0.25, 0.3) is 0 Å². The van der Waals surface area contributed by atoms with Crippen molar-refractivity contribution in [1.82, 2.24) is 5.32 Å². The van der Waals surface area contributed by atoms with Gasteiger partial charge in [0.05, 0.1) is 19.3 Å². The Morgan fingerprint density at radius 3 is 2.87 bits per heavy atom. The molecule has 0 saturated carbocycles. The minimum atomic E-state index is -0.395. The number of ether oxygens (including phenoxy) is 1. The van der Waals surface area contributed by atoms with Crippen LogP contribution >= 0.6 is 12.4 Å². The number of morpholine rings is 1. The van der Waals surface area contributed by atoms with Crippen molar-refractivity contribution in [2.75, 3.05) is 19.8 Å². The largest absolute Gasteiger partial charge is 0.508 e. The number of phenols is 1. The van der Waals surface area contributed by atoms with E-state index in [0.717, 1.165) is 12.6 Å². The third kappa shape index (κ3) is 2.81. The average Bonchev–Trinajstić information content (AvgIpc) is 2.19. The summed E-state index contributed by atoms with van der Waals surface area (Å²) in [5.74, 6) is -0.448. The van der Waals surface area contributed by atoms with Crippen molar-refractivity contribution in [3.8, 4) is 5.75 Å². The Bertz CT molecular complexity index is 329. The molecule has 0 bridgehead atoms. The topological polar surface area (TPSA) is 41.5 Å². The van der Waals surface area contributed by atoms with Crippen LogP contribution in [-0.4, -0.2) is 24.9 Å². The summed E-state index contributed by atoms with van der Waals surface area (Å²) >= 11 is 0. The van der Waals surface area contributed by atoms with Crippen LogP contribution in [0.1, 0.15) is 11.6 Å². The molecule has 1 saturated heterocycles. The van der Waals surface area contributed by atoms with Crippen LogP contribution in [-0.2, 0) is 4.74 Å². The normalized spacial score (nSPS) is 20.7. The first-order chi connectivity index (χ1) is 6.77. The highest BCUT2D eigenvalue weighted by Gasteiger charge is 2.18. The van der Waals surface area contributed by atoms with Crippen molar-refractivity contribution in [1.29, 1.82) is 0 Å². The SMILES string of the molecule is Cl.Oc1ccc([C@H]2COCCN2)c(F)c1. The molecule has 0 aromatic heterocycles. The van der Waals surface area contributed by atoms with E-state index in [1.54, 1.807) is 6.07 Å². The quantitative estimate of drug-likeness (QED) is 0.775. The number of aromatic hydroxyl groups is 1. The fraction of sp³-hybridized carbons (Fsp3) is 0.400. The van der Waals surface area contributed by atoms with E-state index in [9.17, 15) is 4.39 Å². The summed E-state index contributed by atoms with van der Waals surface area (Å²) in [6.45, 7) is 1.86. The lowest BCUT2D eigenvalue weighted by Gasteiger charge is -2.24. The molecule has 2 rings (SSSR count). The maximum atomic E-state index is 13.4. The van der Waals surface area contributed by atoms with E-state index in [0.29, 0.717) is 18.8 Å². The van der Waals surface area contributed by atoms with Crippen LogP contribution in [0.2, 0.25) is 0 Å². The van der Waals surface area contributed by atoms with Crippen molar-refractivity contribution in [2.24, 2.45) is 0 Å². The first-order valence-corrected chi connectivity index (χ1v) is 4.57. The molecule has 1 aromatic carbocycles. The van der Waals surface area contributed by atoms with Gasteiger partial charge < -0.3 is 15.2 Å². The Labute approximate surface area is 93.7 Å². The summed E-state index contributed by atoms with van der Waals surface area (Å²) in [6, 6.07) is 4.07. The maximum Gasteiger partial charge on any atom is 0.131 e. The zero-order valence-corrected chi connectivity index (χ0v) is 8.89. The van der Waals surface area contributed by atoms with E-state index in [-0.39, 0.29) is 24.2 Å². The van der Waals surface area contributed by atoms with Gasteiger partial charge in [-0.25, -0.2) is 4.39 Å². The van der Waals surface area contributed by atoms with E-state index in [2.05, 4.69) is 5.32 Å². The summed E-state index contributed by atoms with van der Waals surface area (Å²) in [4.78, 5) is 0. The van der Waals surface area contributed by atoms with Gasteiger partial charge in [0.1, 0.15) is 11.6 Å². The van der Waals surface area contributed by atoms with E-state index >= 15 is 0 Å². The van der Waals surface area contributed by atoms with Crippen LogP contribution in [0.25, 0.3) is 0 Å². The van der Waals surface area contributed by atoms with Crippen molar-refractivity contribution >= 4 is 12.4 Å². The Morgan fingerprint density at radius 1 is 1.47 bits per heavy atom. The Morgan fingerprint density at radius 2 is 2.27 bits per heavy atom. The molecule has 1 heterocycles. The molecular formula is C10H13ClFNO2. The molecule has 2 N–H and O–H groups in total. The molecule has 1 aliphatic rings. The molecule has 1 aliphatic heterocycles. The first-order valence-electron chi connectivity index (χ1n) is 4.57. The molecule has 1 fully saturated rings. The zero-order valence-electron chi connectivity index (χ0n) is 8.07. The van der Waals surface area contributed by atoms with Crippen molar-refractivity contribution < 1.29 is 14.2 Å². The second kappa shape index (κ2) is 5.30. The predicted octanol–water partition coefficient (Wildman–Crippen LogP) is 1.61. The highest BCUT2D eigenvalue weighted by molar-refractivity contribution is 5.85. The third-order valence-electron chi connectivity index (χ3n) is 2.28. The molecule has 1 aromatic rings. The molecular weight excluding hydrogens is 221 g/mol. The number of rotatable bonds is 1. The molecule has 0 amide bonds. The van der Waals surface area contributed by atoms with E-state index in [1.807, 2.05) is 0 Å². The highest BCUT2D eigenvalue weighted by atomic mass is 35.5. The van der Waals surface area contributed by atoms with Gasteiger partial charge in [-0.3, -0.25) is 0 Å². The summed E-state index contributed by atoms with van der Waals surface area (Å²) in [5.41, 5.74) is 0.544. The fourth-order valence-electron chi connectivity index (χ4n) is 1.56. The third-order valence-corrected chi connectivity index (χ3v) is 2.28. The smallest absolute Gasteiger partial charge is 0.131 e. The second-order valence-electron chi connectivity index (χ2n) is 3.29.